The van der Waals surface area contributed by atoms with Crippen molar-refractivity contribution in [3.05, 3.63) is 73.4 Å². The van der Waals surface area contributed by atoms with Gasteiger partial charge in [0.2, 0.25) is 5.88 Å². The Bertz CT molecular complexity index is 2040. The number of benzene rings is 1. The average Bonchev–Trinajstić information content (AvgIpc) is 3.28. The number of fused-ring (bicyclic) bond motifs is 2. The molecule has 1 aromatic carbocycles. The minimum Gasteiger partial charge on any atom is -0.491 e. The number of hydrogen-bond donors (Lipinski definition) is 1. The van der Waals surface area contributed by atoms with Crippen molar-refractivity contribution in [2.24, 2.45) is 0 Å². The van der Waals surface area contributed by atoms with Crippen LogP contribution in [0.15, 0.2) is 35.3 Å². The number of carboxylic acids is 1. The van der Waals surface area contributed by atoms with Gasteiger partial charge in [0, 0.05) is 26.7 Å². The number of aromatic carboxylic acids is 1. The Morgan fingerprint density at radius 3 is 2.70 bits per heavy atom. The molecule has 0 bridgehead atoms. The van der Waals surface area contributed by atoms with Gasteiger partial charge in [0.25, 0.3) is 5.56 Å². The first-order chi connectivity index (χ1) is 20.7. The van der Waals surface area contributed by atoms with Gasteiger partial charge < -0.3 is 14.6 Å². The number of carboxylic acid groups (broad SMARTS) is 1. The minimum atomic E-state index is -1.03. The number of halogens is 1. The van der Waals surface area contributed by atoms with E-state index in [0.717, 1.165) is 29.5 Å². The largest absolute Gasteiger partial charge is 0.491 e. The molecule has 1 aliphatic carbocycles. The topological polar surface area (TPSA) is 140 Å². The number of thiophene rings is 1. The third-order valence-electron chi connectivity index (χ3n) is 7.56. The average molecular weight is 616 g/mol. The molecular weight excluding hydrogens is 590 g/mol. The summed E-state index contributed by atoms with van der Waals surface area (Å²) < 4.78 is 14.3. The maximum absolute atomic E-state index is 13.7. The highest BCUT2D eigenvalue weighted by Crippen LogP contribution is 2.42. The Morgan fingerprint density at radius 2 is 2.00 bits per heavy atom. The zero-order valence-corrected chi connectivity index (χ0v) is 25.2. The fourth-order valence-corrected chi connectivity index (χ4v) is 6.53. The maximum atomic E-state index is 13.7. The van der Waals surface area contributed by atoms with Crippen LogP contribution in [0.4, 0.5) is 0 Å². The molecule has 1 fully saturated rings. The van der Waals surface area contributed by atoms with Gasteiger partial charge in [-0.3, -0.25) is 14.3 Å². The van der Waals surface area contributed by atoms with Gasteiger partial charge in [-0.2, -0.15) is 5.26 Å². The lowest BCUT2D eigenvalue weighted by Gasteiger charge is -2.26. The lowest BCUT2D eigenvalue weighted by atomic mass is 9.96. The normalized spacial score (nSPS) is 13.2. The Labute approximate surface area is 255 Å². The van der Waals surface area contributed by atoms with E-state index in [1.165, 1.54) is 22.1 Å². The third kappa shape index (κ3) is 5.17. The highest BCUT2D eigenvalue weighted by atomic mass is 35.5. The summed E-state index contributed by atoms with van der Waals surface area (Å²) in [5.74, 6) is 0.0939. The molecule has 43 heavy (non-hydrogen) atoms. The van der Waals surface area contributed by atoms with E-state index < -0.39 is 5.97 Å². The Balaban J connectivity index is 1.34. The number of hydrogen-bond acceptors (Lipinski definition) is 9. The molecule has 1 aliphatic rings. The van der Waals surface area contributed by atoms with Gasteiger partial charge >= 0.3 is 5.97 Å². The molecule has 10 nitrogen and oxygen atoms in total. The molecule has 6 rings (SSSR count). The number of nitrogens with zero attached hydrogens (tertiary/aromatic N) is 5. The third-order valence-corrected chi connectivity index (χ3v) is 8.92. The van der Waals surface area contributed by atoms with E-state index >= 15 is 0 Å². The van der Waals surface area contributed by atoms with Crippen LogP contribution < -0.4 is 15.0 Å². The Morgan fingerprint density at radius 1 is 1.21 bits per heavy atom. The molecule has 4 heterocycles. The number of aryl methyl sites for hydroxylation is 3. The van der Waals surface area contributed by atoms with E-state index in [2.05, 4.69) is 21.0 Å². The van der Waals surface area contributed by atoms with Crippen molar-refractivity contribution in [1.82, 2.24) is 19.5 Å². The van der Waals surface area contributed by atoms with Crippen molar-refractivity contribution >= 4 is 50.0 Å². The van der Waals surface area contributed by atoms with Crippen LogP contribution in [0.1, 0.15) is 51.6 Å². The minimum absolute atomic E-state index is 0.00104. The fourth-order valence-electron chi connectivity index (χ4n) is 5.25. The van der Waals surface area contributed by atoms with E-state index in [1.54, 1.807) is 32.0 Å². The first-order valence-corrected chi connectivity index (χ1v) is 14.9. The summed E-state index contributed by atoms with van der Waals surface area (Å²) in [6.07, 6.45) is 4.31. The summed E-state index contributed by atoms with van der Waals surface area (Å²) in [6, 6.07) is 9.20. The zero-order chi connectivity index (χ0) is 30.4. The summed E-state index contributed by atoms with van der Waals surface area (Å²) in [5, 5.41) is 20.4. The monoisotopic (exact) mass is 615 g/mol. The summed E-state index contributed by atoms with van der Waals surface area (Å²) in [7, 11) is 0. The Hall–Kier alpha value is -4.53. The van der Waals surface area contributed by atoms with E-state index in [4.69, 9.17) is 21.1 Å². The van der Waals surface area contributed by atoms with Gasteiger partial charge in [-0.1, -0.05) is 11.6 Å². The quantitative estimate of drug-likeness (QED) is 0.215. The first-order valence-electron chi connectivity index (χ1n) is 13.7. The summed E-state index contributed by atoms with van der Waals surface area (Å²) >= 11 is 7.75. The summed E-state index contributed by atoms with van der Waals surface area (Å²) in [4.78, 5) is 39.6. The van der Waals surface area contributed by atoms with Crippen LogP contribution in [0.25, 0.3) is 32.2 Å². The molecule has 12 heteroatoms. The maximum Gasteiger partial charge on any atom is 0.339 e. The second-order valence-electron chi connectivity index (χ2n) is 10.4. The van der Waals surface area contributed by atoms with Crippen molar-refractivity contribution < 1.29 is 19.4 Å². The Kier molecular flexibility index (Phi) is 7.50. The first kappa shape index (κ1) is 28.6. The molecule has 0 radical (unpaired) electrons. The van der Waals surface area contributed by atoms with Crippen LogP contribution in [0, 0.1) is 32.1 Å². The standard InChI is InChI=1S/C31H26ClN5O5S/c1-15-11-21(28-27(35-15)25(31(39)40)16(2)43-28)20-12-18(32)7-8-24(20)41-10-9-37-17(3)36-23-14-34-29(42-19-5-4-6-19)22(13-33)26(23)30(37)38/h7-8,11-12,14,19H,4-6,9-10H2,1-3H3,(H,39,40). The number of ether oxygens (including phenoxy) is 2. The van der Waals surface area contributed by atoms with Crippen molar-refractivity contribution in [1.29, 1.82) is 5.26 Å². The van der Waals surface area contributed by atoms with Crippen molar-refractivity contribution in [2.45, 2.75) is 52.7 Å². The summed E-state index contributed by atoms with van der Waals surface area (Å²) in [5.41, 5.74) is 2.74. The number of nitriles is 1. The van der Waals surface area contributed by atoms with E-state index in [1.807, 2.05) is 13.0 Å². The van der Waals surface area contributed by atoms with Gasteiger partial charge in [0.05, 0.1) is 39.4 Å². The molecule has 0 amide bonds. The molecule has 0 unspecified atom stereocenters. The van der Waals surface area contributed by atoms with E-state index in [-0.39, 0.29) is 47.2 Å². The molecule has 0 spiro atoms. The molecule has 1 saturated carbocycles. The molecule has 5 aromatic rings. The van der Waals surface area contributed by atoms with Gasteiger partial charge in [-0.05, 0) is 64.3 Å². The molecule has 0 aliphatic heterocycles. The van der Waals surface area contributed by atoms with Crippen molar-refractivity contribution in [3.63, 3.8) is 0 Å². The molecule has 0 atom stereocenters. The number of aromatic nitrogens is 4. The number of rotatable bonds is 8. The number of carbonyl (C=O) groups is 1. The molecule has 4 aromatic heterocycles. The van der Waals surface area contributed by atoms with Crippen molar-refractivity contribution in [2.75, 3.05) is 6.61 Å². The SMILES string of the molecule is Cc1cc(-c2cc(Cl)ccc2OCCn2c(C)nc3cnc(OC4CCC4)c(C#N)c3c2=O)c2sc(C)c(C(=O)O)c2n1. The molecule has 0 saturated heterocycles. The van der Waals surface area contributed by atoms with Crippen molar-refractivity contribution in [3.8, 4) is 28.8 Å². The smallest absolute Gasteiger partial charge is 0.339 e. The van der Waals surface area contributed by atoms with Crippen LogP contribution >= 0.6 is 22.9 Å². The van der Waals surface area contributed by atoms with Crippen LogP contribution in [-0.2, 0) is 6.54 Å². The molecular formula is C31H26ClN5O5S. The highest BCUT2D eigenvalue weighted by Gasteiger charge is 2.25. The summed E-state index contributed by atoms with van der Waals surface area (Å²) in [6.45, 7) is 5.56. The predicted octanol–water partition coefficient (Wildman–Crippen LogP) is 6.23. The van der Waals surface area contributed by atoms with E-state index in [9.17, 15) is 20.0 Å². The second-order valence-corrected chi connectivity index (χ2v) is 12.1. The fraction of sp³-hybridized carbons (Fsp3) is 0.290. The van der Waals surface area contributed by atoms with Gasteiger partial charge in [0.15, 0.2) is 0 Å². The van der Waals surface area contributed by atoms with Crippen LogP contribution in [-0.4, -0.2) is 43.3 Å². The highest BCUT2D eigenvalue weighted by molar-refractivity contribution is 7.20. The lowest BCUT2D eigenvalue weighted by Crippen LogP contribution is -2.28. The van der Waals surface area contributed by atoms with Crippen LogP contribution in [0.2, 0.25) is 5.02 Å². The van der Waals surface area contributed by atoms with Gasteiger partial charge in [0.1, 0.15) is 35.9 Å². The van der Waals surface area contributed by atoms with Crippen LogP contribution in [0.5, 0.6) is 11.6 Å². The number of pyridine rings is 2. The van der Waals surface area contributed by atoms with Gasteiger partial charge in [-0.15, -0.1) is 11.3 Å². The molecule has 1 N–H and O–H groups in total. The molecule has 218 valence electrons. The van der Waals surface area contributed by atoms with Crippen LogP contribution in [0.3, 0.4) is 0 Å². The van der Waals surface area contributed by atoms with Gasteiger partial charge in [-0.25, -0.2) is 14.8 Å². The zero-order valence-electron chi connectivity index (χ0n) is 23.6. The predicted molar refractivity (Wildman–Crippen MR) is 164 cm³/mol. The van der Waals surface area contributed by atoms with E-state index in [0.29, 0.717) is 43.8 Å². The second kappa shape index (κ2) is 11.3. The lowest BCUT2D eigenvalue weighted by molar-refractivity contribution is 0.0698.